The van der Waals surface area contributed by atoms with Crippen LogP contribution in [-0.4, -0.2) is 16.8 Å². The SMILES string of the molecule is CCc1nn(C)c(CC(NC)c2c(F)cccc2F)c1Br. The molecular formula is C15H18BrF2N3. The van der Waals surface area contributed by atoms with E-state index in [9.17, 15) is 8.78 Å². The molecule has 114 valence electrons. The second-order valence-corrected chi connectivity index (χ2v) is 5.66. The fraction of sp³-hybridized carbons (Fsp3) is 0.400. The number of hydrogen-bond donors (Lipinski definition) is 1. The molecule has 1 aromatic carbocycles. The monoisotopic (exact) mass is 357 g/mol. The molecule has 0 fully saturated rings. The van der Waals surface area contributed by atoms with Crippen LogP contribution in [0.5, 0.6) is 0 Å². The van der Waals surface area contributed by atoms with E-state index in [0.717, 1.165) is 22.3 Å². The van der Waals surface area contributed by atoms with Crippen LogP contribution in [0.2, 0.25) is 0 Å². The van der Waals surface area contributed by atoms with Gasteiger partial charge in [-0.25, -0.2) is 8.78 Å². The van der Waals surface area contributed by atoms with Crippen molar-refractivity contribution in [3.63, 3.8) is 0 Å². The zero-order valence-corrected chi connectivity index (χ0v) is 13.8. The number of halogens is 3. The molecule has 2 aromatic rings. The van der Waals surface area contributed by atoms with Crippen molar-refractivity contribution in [1.82, 2.24) is 15.1 Å². The number of nitrogens with one attached hydrogen (secondary N) is 1. The number of rotatable bonds is 5. The zero-order valence-electron chi connectivity index (χ0n) is 12.3. The van der Waals surface area contributed by atoms with Gasteiger partial charge in [0.15, 0.2) is 0 Å². The van der Waals surface area contributed by atoms with Gasteiger partial charge in [-0.1, -0.05) is 13.0 Å². The summed E-state index contributed by atoms with van der Waals surface area (Å²) in [5.74, 6) is -1.08. The van der Waals surface area contributed by atoms with E-state index < -0.39 is 17.7 Å². The number of hydrogen-bond acceptors (Lipinski definition) is 2. The van der Waals surface area contributed by atoms with E-state index in [1.807, 2.05) is 14.0 Å². The Morgan fingerprint density at radius 3 is 2.43 bits per heavy atom. The second-order valence-electron chi connectivity index (χ2n) is 4.87. The lowest BCUT2D eigenvalue weighted by molar-refractivity contribution is 0.480. The molecule has 2 rings (SSSR count). The molecule has 0 aliphatic carbocycles. The minimum absolute atomic E-state index is 0.0612. The van der Waals surface area contributed by atoms with E-state index in [1.165, 1.54) is 18.2 Å². The van der Waals surface area contributed by atoms with Crippen molar-refractivity contribution in [2.45, 2.75) is 25.8 Å². The van der Waals surface area contributed by atoms with Crippen LogP contribution >= 0.6 is 15.9 Å². The summed E-state index contributed by atoms with van der Waals surface area (Å²) in [4.78, 5) is 0. The molecular weight excluding hydrogens is 340 g/mol. The van der Waals surface area contributed by atoms with E-state index in [2.05, 4.69) is 26.3 Å². The van der Waals surface area contributed by atoms with Crippen molar-refractivity contribution in [1.29, 1.82) is 0 Å². The highest BCUT2D eigenvalue weighted by atomic mass is 79.9. The Labute approximate surface area is 131 Å². The Kier molecular flexibility index (Phi) is 5.11. The fourth-order valence-electron chi connectivity index (χ4n) is 2.43. The van der Waals surface area contributed by atoms with Gasteiger partial charge in [0.2, 0.25) is 0 Å². The van der Waals surface area contributed by atoms with Crippen molar-refractivity contribution in [3.8, 4) is 0 Å². The van der Waals surface area contributed by atoms with E-state index in [4.69, 9.17) is 0 Å². The second kappa shape index (κ2) is 6.66. The van der Waals surface area contributed by atoms with Gasteiger partial charge in [0.05, 0.1) is 15.9 Å². The van der Waals surface area contributed by atoms with Crippen molar-refractivity contribution >= 4 is 15.9 Å². The molecule has 0 saturated carbocycles. The number of likely N-dealkylation sites (N-methyl/N-ethyl adjacent to an activating group) is 1. The molecule has 21 heavy (non-hydrogen) atoms. The molecule has 0 amide bonds. The van der Waals surface area contributed by atoms with Crippen LogP contribution in [-0.2, 0) is 19.9 Å². The number of aromatic nitrogens is 2. The zero-order chi connectivity index (χ0) is 15.6. The number of benzene rings is 1. The van der Waals surface area contributed by atoms with Crippen LogP contribution in [0.3, 0.4) is 0 Å². The van der Waals surface area contributed by atoms with E-state index >= 15 is 0 Å². The third kappa shape index (κ3) is 3.16. The molecule has 1 atom stereocenters. The Hall–Kier alpha value is -1.27. The third-order valence-corrected chi connectivity index (χ3v) is 4.51. The molecule has 0 bridgehead atoms. The van der Waals surface area contributed by atoms with Gasteiger partial charge in [0, 0.05) is 25.1 Å². The molecule has 3 nitrogen and oxygen atoms in total. The maximum Gasteiger partial charge on any atom is 0.130 e. The predicted molar refractivity (Wildman–Crippen MR) is 82.1 cm³/mol. The summed E-state index contributed by atoms with van der Waals surface area (Å²) in [6.45, 7) is 2.02. The minimum Gasteiger partial charge on any atom is -0.312 e. The van der Waals surface area contributed by atoms with Crippen LogP contribution in [0.25, 0.3) is 0 Å². The first kappa shape index (κ1) is 16.1. The van der Waals surface area contributed by atoms with Gasteiger partial charge < -0.3 is 5.32 Å². The highest BCUT2D eigenvalue weighted by Crippen LogP contribution is 2.28. The number of nitrogens with zero attached hydrogens (tertiary/aromatic N) is 2. The van der Waals surface area contributed by atoms with Crippen LogP contribution in [0, 0.1) is 11.6 Å². The van der Waals surface area contributed by atoms with Gasteiger partial charge in [0.1, 0.15) is 11.6 Å². The van der Waals surface area contributed by atoms with Gasteiger partial charge in [-0.15, -0.1) is 0 Å². The molecule has 0 spiro atoms. The van der Waals surface area contributed by atoms with Gasteiger partial charge in [0.25, 0.3) is 0 Å². The summed E-state index contributed by atoms with van der Waals surface area (Å²) in [7, 11) is 3.53. The molecule has 6 heteroatoms. The van der Waals surface area contributed by atoms with E-state index in [-0.39, 0.29) is 5.56 Å². The summed E-state index contributed by atoms with van der Waals surface area (Å²) in [5.41, 5.74) is 1.91. The van der Waals surface area contributed by atoms with Crippen molar-refractivity contribution in [2.75, 3.05) is 7.05 Å². The summed E-state index contributed by atoms with van der Waals surface area (Å²) in [6, 6.07) is 3.47. The standard InChI is InChI=1S/C15H18BrF2N3/c1-4-11-15(16)13(21(3)20-11)8-12(19-2)14-9(17)6-5-7-10(14)18/h5-7,12,19H,4,8H2,1-3H3. The molecule has 0 aliphatic rings. The first-order chi connectivity index (χ1) is 9.99. The molecule has 1 N–H and O–H groups in total. The molecule has 0 aliphatic heterocycles. The molecule has 0 radical (unpaired) electrons. The molecule has 0 saturated heterocycles. The van der Waals surface area contributed by atoms with Crippen molar-refractivity contribution < 1.29 is 8.78 Å². The number of aryl methyl sites for hydroxylation is 2. The topological polar surface area (TPSA) is 29.9 Å². The third-order valence-electron chi connectivity index (χ3n) is 3.60. The summed E-state index contributed by atoms with van der Waals surface area (Å²) >= 11 is 3.53. The largest absolute Gasteiger partial charge is 0.312 e. The van der Waals surface area contributed by atoms with Gasteiger partial charge in [-0.3, -0.25) is 4.68 Å². The van der Waals surface area contributed by atoms with Crippen molar-refractivity contribution in [3.05, 3.63) is 51.3 Å². The smallest absolute Gasteiger partial charge is 0.130 e. The Balaban J connectivity index is 2.38. The lowest BCUT2D eigenvalue weighted by atomic mass is 10.0. The predicted octanol–water partition coefficient (Wildman–Crippen LogP) is 3.53. The van der Waals surface area contributed by atoms with Gasteiger partial charge in [-0.05, 0) is 41.5 Å². The van der Waals surface area contributed by atoms with Crippen LogP contribution in [0.15, 0.2) is 22.7 Å². The van der Waals surface area contributed by atoms with Crippen LogP contribution < -0.4 is 5.32 Å². The minimum atomic E-state index is -0.539. The highest BCUT2D eigenvalue weighted by Gasteiger charge is 2.22. The molecule has 1 unspecified atom stereocenters. The maximum atomic E-state index is 13.9. The lowest BCUT2D eigenvalue weighted by Crippen LogP contribution is -2.22. The summed E-state index contributed by atoms with van der Waals surface area (Å²) in [6.07, 6.45) is 1.24. The Morgan fingerprint density at radius 2 is 1.95 bits per heavy atom. The van der Waals surface area contributed by atoms with Crippen LogP contribution in [0.1, 0.15) is 29.9 Å². The normalized spacial score (nSPS) is 12.7. The Bertz CT molecular complexity index is 620. The molecule has 1 aromatic heterocycles. The Morgan fingerprint density at radius 1 is 1.33 bits per heavy atom. The first-order valence-corrected chi connectivity index (χ1v) is 7.60. The van der Waals surface area contributed by atoms with Gasteiger partial charge in [-0.2, -0.15) is 5.10 Å². The maximum absolute atomic E-state index is 13.9. The average Bonchev–Trinajstić information content (AvgIpc) is 2.72. The highest BCUT2D eigenvalue weighted by molar-refractivity contribution is 9.10. The molecule has 1 heterocycles. The summed E-state index contributed by atoms with van der Waals surface area (Å²) in [5, 5.41) is 7.40. The first-order valence-electron chi connectivity index (χ1n) is 6.81. The van der Waals surface area contributed by atoms with Crippen LogP contribution in [0.4, 0.5) is 8.78 Å². The fourth-order valence-corrected chi connectivity index (χ4v) is 3.21. The van der Waals surface area contributed by atoms with E-state index in [1.54, 1.807) is 11.7 Å². The van der Waals surface area contributed by atoms with Gasteiger partial charge >= 0.3 is 0 Å². The lowest BCUT2D eigenvalue weighted by Gasteiger charge is -2.18. The summed E-state index contributed by atoms with van der Waals surface area (Å²) < 4.78 is 30.6. The van der Waals surface area contributed by atoms with Crippen molar-refractivity contribution in [2.24, 2.45) is 7.05 Å². The average molecular weight is 358 g/mol. The van der Waals surface area contributed by atoms with E-state index in [0.29, 0.717) is 6.42 Å². The quantitative estimate of drug-likeness (QED) is 0.886.